The number of hydrogen-bond donors (Lipinski definition) is 1. The minimum atomic E-state index is -3.31. The summed E-state index contributed by atoms with van der Waals surface area (Å²) in [5.41, 5.74) is 1.10. The number of nitrogens with one attached hydrogen (secondary N) is 1. The second-order valence-electron chi connectivity index (χ2n) is 5.36. The number of piperazine rings is 1. The Bertz CT molecular complexity index is 625. The summed E-state index contributed by atoms with van der Waals surface area (Å²) >= 11 is 0. The molecule has 0 aliphatic carbocycles. The molecule has 6 heteroatoms. The third-order valence-electron chi connectivity index (χ3n) is 3.49. The van der Waals surface area contributed by atoms with Gasteiger partial charge in [-0.3, -0.25) is 4.79 Å². The number of amides is 1. The predicted molar refractivity (Wildman–Crippen MR) is 77.7 cm³/mol. The third-order valence-corrected chi connectivity index (χ3v) is 4.73. The van der Waals surface area contributed by atoms with E-state index < -0.39 is 9.84 Å². The van der Waals surface area contributed by atoms with Crippen molar-refractivity contribution < 1.29 is 13.2 Å². The third kappa shape index (κ3) is 3.19. The van der Waals surface area contributed by atoms with E-state index >= 15 is 0 Å². The lowest BCUT2D eigenvalue weighted by Crippen LogP contribution is -2.51. The maximum absolute atomic E-state index is 12.4. The molecule has 1 heterocycles. The Kier molecular flexibility index (Phi) is 4.15. The van der Waals surface area contributed by atoms with Gasteiger partial charge in [0.25, 0.3) is 5.91 Å². The number of rotatable bonds is 2. The van der Waals surface area contributed by atoms with Crippen LogP contribution in [0.3, 0.4) is 0 Å². The molecule has 1 aromatic rings. The summed E-state index contributed by atoms with van der Waals surface area (Å²) in [7, 11) is -3.31. The van der Waals surface area contributed by atoms with Crippen LogP contribution in [0.5, 0.6) is 0 Å². The largest absolute Gasteiger partial charge is 0.336 e. The minimum Gasteiger partial charge on any atom is -0.336 e. The van der Waals surface area contributed by atoms with E-state index in [-0.39, 0.29) is 16.8 Å². The first-order chi connectivity index (χ1) is 9.29. The molecule has 0 bridgehead atoms. The minimum absolute atomic E-state index is 0.108. The zero-order valence-corrected chi connectivity index (χ0v) is 12.8. The van der Waals surface area contributed by atoms with Crippen molar-refractivity contribution in [3.05, 3.63) is 29.3 Å². The van der Waals surface area contributed by atoms with Gasteiger partial charge in [0, 0.05) is 37.5 Å². The van der Waals surface area contributed by atoms with Crippen LogP contribution in [0.4, 0.5) is 0 Å². The molecule has 20 heavy (non-hydrogen) atoms. The Morgan fingerprint density at radius 1 is 1.40 bits per heavy atom. The smallest absolute Gasteiger partial charge is 0.253 e. The standard InChI is InChI=1S/C14H20N2O3S/c1-10-4-5-12(8-13(10)20(3,18)19)14(17)16-7-6-15-11(2)9-16/h4-5,8,11,15H,6-7,9H2,1-3H3. The lowest BCUT2D eigenvalue weighted by Gasteiger charge is -2.32. The lowest BCUT2D eigenvalue weighted by molar-refractivity contribution is 0.0709. The average Bonchev–Trinajstić information content (AvgIpc) is 2.37. The molecule has 2 rings (SSSR count). The second-order valence-corrected chi connectivity index (χ2v) is 7.34. The number of nitrogens with zero attached hydrogens (tertiary/aromatic N) is 1. The number of benzene rings is 1. The number of sulfone groups is 1. The molecular weight excluding hydrogens is 276 g/mol. The number of hydrogen-bond acceptors (Lipinski definition) is 4. The van der Waals surface area contributed by atoms with Gasteiger partial charge in [0.05, 0.1) is 4.90 Å². The van der Waals surface area contributed by atoms with Gasteiger partial charge in [0.15, 0.2) is 9.84 Å². The molecule has 1 atom stereocenters. The van der Waals surface area contributed by atoms with Crippen molar-refractivity contribution in [2.75, 3.05) is 25.9 Å². The molecule has 1 aromatic carbocycles. The van der Waals surface area contributed by atoms with Crippen molar-refractivity contribution in [3.63, 3.8) is 0 Å². The fourth-order valence-corrected chi connectivity index (χ4v) is 3.43. The summed E-state index contributed by atoms with van der Waals surface area (Å²) in [6.45, 7) is 5.80. The molecule has 110 valence electrons. The van der Waals surface area contributed by atoms with E-state index in [1.165, 1.54) is 6.07 Å². The number of aryl methyl sites for hydroxylation is 1. The van der Waals surface area contributed by atoms with Gasteiger partial charge in [-0.05, 0) is 31.5 Å². The first-order valence-corrected chi connectivity index (χ1v) is 8.51. The first-order valence-electron chi connectivity index (χ1n) is 6.62. The summed E-state index contributed by atoms with van der Waals surface area (Å²) in [6, 6.07) is 5.13. The van der Waals surface area contributed by atoms with Crippen molar-refractivity contribution in [2.24, 2.45) is 0 Å². The van der Waals surface area contributed by atoms with Crippen LogP contribution in [-0.4, -0.2) is 51.2 Å². The Morgan fingerprint density at radius 3 is 2.70 bits per heavy atom. The van der Waals surface area contributed by atoms with Gasteiger partial charge in [-0.1, -0.05) is 6.07 Å². The summed E-state index contributed by atoms with van der Waals surface area (Å²) in [5, 5.41) is 3.27. The van der Waals surface area contributed by atoms with Gasteiger partial charge in [0.2, 0.25) is 0 Å². The zero-order chi connectivity index (χ0) is 14.9. The molecule has 0 aromatic heterocycles. The van der Waals surface area contributed by atoms with Gasteiger partial charge >= 0.3 is 0 Å². The van der Waals surface area contributed by atoms with Crippen LogP contribution in [0.25, 0.3) is 0 Å². The van der Waals surface area contributed by atoms with Crippen LogP contribution in [-0.2, 0) is 9.84 Å². The highest BCUT2D eigenvalue weighted by Crippen LogP contribution is 2.18. The fraction of sp³-hybridized carbons (Fsp3) is 0.500. The topological polar surface area (TPSA) is 66.5 Å². The van der Waals surface area contributed by atoms with Crippen LogP contribution in [0.1, 0.15) is 22.8 Å². The molecule has 0 radical (unpaired) electrons. The van der Waals surface area contributed by atoms with E-state index in [0.717, 1.165) is 12.8 Å². The van der Waals surface area contributed by atoms with Crippen molar-refractivity contribution >= 4 is 15.7 Å². The normalized spacial score (nSPS) is 19.9. The van der Waals surface area contributed by atoms with Crippen molar-refractivity contribution in [2.45, 2.75) is 24.8 Å². The van der Waals surface area contributed by atoms with Gasteiger partial charge in [-0.15, -0.1) is 0 Å². The Labute approximate surface area is 119 Å². The summed E-state index contributed by atoms with van der Waals surface area (Å²) in [4.78, 5) is 14.4. The van der Waals surface area contributed by atoms with E-state index in [1.807, 2.05) is 6.92 Å². The van der Waals surface area contributed by atoms with E-state index in [0.29, 0.717) is 24.2 Å². The molecule has 1 aliphatic rings. The van der Waals surface area contributed by atoms with Gasteiger partial charge < -0.3 is 10.2 Å². The molecular formula is C14H20N2O3S. The fourth-order valence-electron chi connectivity index (χ4n) is 2.43. The van der Waals surface area contributed by atoms with E-state index in [1.54, 1.807) is 24.0 Å². The SMILES string of the molecule is Cc1ccc(C(=O)N2CCNC(C)C2)cc1S(C)(=O)=O. The zero-order valence-electron chi connectivity index (χ0n) is 12.0. The monoisotopic (exact) mass is 296 g/mol. The molecule has 1 N–H and O–H groups in total. The molecule has 1 fully saturated rings. The Morgan fingerprint density at radius 2 is 2.10 bits per heavy atom. The first kappa shape index (κ1) is 15.0. The van der Waals surface area contributed by atoms with Gasteiger partial charge in [-0.25, -0.2) is 8.42 Å². The molecule has 5 nitrogen and oxygen atoms in total. The van der Waals surface area contributed by atoms with Crippen molar-refractivity contribution in [1.82, 2.24) is 10.2 Å². The predicted octanol–water partition coefficient (Wildman–Crippen LogP) is 0.832. The number of carbonyl (C=O) groups is 1. The molecule has 0 saturated carbocycles. The molecule has 0 spiro atoms. The Balaban J connectivity index is 2.31. The van der Waals surface area contributed by atoms with Gasteiger partial charge in [0.1, 0.15) is 0 Å². The summed E-state index contributed by atoms with van der Waals surface area (Å²) in [5.74, 6) is -0.108. The van der Waals surface area contributed by atoms with Crippen LogP contribution in [0.2, 0.25) is 0 Å². The Hall–Kier alpha value is -1.40. The van der Waals surface area contributed by atoms with Crippen LogP contribution in [0.15, 0.2) is 23.1 Å². The quantitative estimate of drug-likeness (QED) is 0.878. The van der Waals surface area contributed by atoms with E-state index in [9.17, 15) is 13.2 Å². The molecule has 1 amide bonds. The van der Waals surface area contributed by atoms with Crippen LogP contribution >= 0.6 is 0 Å². The highest BCUT2D eigenvalue weighted by molar-refractivity contribution is 7.90. The van der Waals surface area contributed by atoms with Crippen molar-refractivity contribution in [3.8, 4) is 0 Å². The molecule has 1 aliphatic heterocycles. The molecule has 1 unspecified atom stereocenters. The van der Waals surface area contributed by atoms with E-state index in [4.69, 9.17) is 0 Å². The maximum Gasteiger partial charge on any atom is 0.253 e. The average molecular weight is 296 g/mol. The lowest BCUT2D eigenvalue weighted by atomic mass is 10.1. The van der Waals surface area contributed by atoms with Crippen LogP contribution in [0, 0.1) is 6.92 Å². The second kappa shape index (κ2) is 5.54. The number of carbonyl (C=O) groups excluding carboxylic acids is 1. The van der Waals surface area contributed by atoms with Crippen LogP contribution < -0.4 is 5.32 Å². The highest BCUT2D eigenvalue weighted by atomic mass is 32.2. The highest BCUT2D eigenvalue weighted by Gasteiger charge is 2.23. The van der Waals surface area contributed by atoms with Crippen molar-refractivity contribution in [1.29, 1.82) is 0 Å². The van der Waals surface area contributed by atoms with E-state index in [2.05, 4.69) is 5.32 Å². The maximum atomic E-state index is 12.4. The molecule has 1 saturated heterocycles. The summed E-state index contributed by atoms with van der Waals surface area (Å²) < 4.78 is 23.4. The van der Waals surface area contributed by atoms with Gasteiger partial charge in [-0.2, -0.15) is 0 Å². The summed E-state index contributed by atoms with van der Waals surface area (Å²) in [6.07, 6.45) is 1.16.